The first kappa shape index (κ1) is 43.2. The number of esters is 2. The van der Waals surface area contributed by atoms with Crippen LogP contribution in [0, 0.1) is 0 Å². The molecular weight excluding hydrogens is 862 g/mol. The highest BCUT2D eigenvalue weighted by Gasteiger charge is 2.18. The lowest BCUT2D eigenvalue weighted by molar-refractivity contribution is 0.0590. The van der Waals surface area contributed by atoms with Crippen LogP contribution in [0.25, 0.3) is 33.4 Å². The van der Waals surface area contributed by atoms with Gasteiger partial charge in [-0.05, 0) is 108 Å². The Hall–Kier alpha value is -6.45. The van der Waals surface area contributed by atoms with Gasteiger partial charge in [0.05, 0.1) is 60.4 Å². The van der Waals surface area contributed by atoms with Crippen molar-refractivity contribution >= 4 is 73.7 Å². The van der Waals surface area contributed by atoms with Crippen LogP contribution in [0.15, 0.2) is 127 Å². The molecule has 4 aromatic heterocycles. The second-order valence-electron chi connectivity index (χ2n) is 14.6. The van der Waals surface area contributed by atoms with Crippen LogP contribution < -0.4 is 4.90 Å². The van der Waals surface area contributed by atoms with Gasteiger partial charge in [-0.2, -0.15) is 4.98 Å². The number of rotatable bonds is 10. The SMILES string of the molecule is COC(=O)c1cc(Cl)ccc1Cc1ccc2c(ccn2-c2ccnc(N3CCOCC3)n2)c1.COC(=O)c1cc(Cl)ccc1Cc1ccc2c(ccn2-c2ccnc(S(C)=O)n2)c1. The molecule has 63 heavy (non-hydrogen) atoms. The number of hydrogen-bond acceptors (Lipinski definition) is 11. The van der Waals surface area contributed by atoms with Crippen LogP contribution >= 0.6 is 23.2 Å². The maximum Gasteiger partial charge on any atom is 0.338 e. The van der Waals surface area contributed by atoms with E-state index in [0.29, 0.717) is 64.2 Å². The van der Waals surface area contributed by atoms with Gasteiger partial charge < -0.3 is 28.2 Å². The van der Waals surface area contributed by atoms with E-state index in [2.05, 4.69) is 54.8 Å². The van der Waals surface area contributed by atoms with Crippen LogP contribution in [-0.2, 0) is 37.9 Å². The Kier molecular flexibility index (Phi) is 13.2. The summed E-state index contributed by atoms with van der Waals surface area (Å²) in [6.45, 7) is 2.96. The Morgan fingerprint density at radius 2 is 1.17 bits per heavy atom. The van der Waals surface area contributed by atoms with E-state index in [-0.39, 0.29) is 5.97 Å². The van der Waals surface area contributed by atoms with E-state index in [1.807, 2.05) is 53.4 Å². The Balaban J connectivity index is 0.000000174. The monoisotopic (exact) mass is 901 g/mol. The highest BCUT2D eigenvalue weighted by molar-refractivity contribution is 7.84. The molecule has 0 spiro atoms. The Labute approximate surface area is 375 Å². The van der Waals surface area contributed by atoms with Crippen molar-refractivity contribution in [2.75, 3.05) is 51.7 Å². The number of fused-ring (bicyclic) bond motifs is 2. The lowest BCUT2D eigenvalue weighted by Crippen LogP contribution is -2.37. The summed E-state index contributed by atoms with van der Waals surface area (Å²) in [4.78, 5) is 44.1. The van der Waals surface area contributed by atoms with Crippen molar-refractivity contribution in [2.45, 2.75) is 18.0 Å². The summed E-state index contributed by atoms with van der Waals surface area (Å²) in [5.74, 6) is 1.39. The molecule has 0 amide bonds. The summed E-state index contributed by atoms with van der Waals surface area (Å²) in [5.41, 5.74) is 6.81. The summed E-state index contributed by atoms with van der Waals surface area (Å²) in [6, 6.07) is 30.7. The largest absolute Gasteiger partial charge is 0.465 e. The Morgan fingerprint density at radius 3 is 1.68 bits per heavy atom. The van der Waals surface area contributed by atoms with Crippen molar-refractivity contribution in [3.8, 4) is 11.6 Å². The third kappa shape index (κ3) is 9.79. The summed E-state index contributed by atoms with van der Waals surface area (Å²) in [6.07, 6.45) is 10.0. The first-order chi connectivity index (χ1) is 30.6. The lowest BCUT2D eigenvalue weighted by Gasteiger charge is -2.26. The average molecular weight is 903 g/mol. The van der Waals surface area contributed by atoms with Gasteiger partial charge in [-0.1, -0.05) is 47.5 Å². The van der Waals surface area contributed by atoms with Gasteiger partial charge in [-0.25, -0.2) is 24.5 Å². The van der Waals surface area contributed by atoms with E-state index in [9.17, 15) is 13.8 Å². The molecule has 5 heterocycles. The normalized spacial score (nSPS) is 13.1. The maximum absolute atomic E-state index is 12.2. The Morgan fingerprint density at radius 1 is 0.667 bits per heavy atom. The fourth-order valence-electron chi connectivity index (χ4n) is 7.44. The number of aromatic nitrogens is 6. The van der Waals surface area contributed by atoms with E-state index < -0.39 is 16.8 Å². The van der Waals surface area contributed by atoms with Gasteiger partial charge in [0.1, 0.15) is 11.6 Å². The first-order valence-corrected chi connectivity index (χ1v) is 22.2. The lowest BCUT2D eigenvalue weighted by atomic mass is 9.99. The molecule has 0 bridgehead atoms. The van der Waals surface area contributed by atoms with Crippen molar-refractivity contribution < 1.29 is 28.0 Å². The van der Waals surface area contributed by atoms with Gasteiger partial charge in [0, 0.05) is 65.0 Å². The number of nitrogens with zero attached hydrogens (tertiary/aromatic N) is 7. The minimum absolute atomic E-state index is 0.295. The molecular formula is C47H41Cl2N7O6S. The van der Waals surface area contributed by atoms with Crippen molar-refractivity contribution in [3.63, 3.8) is 0 Å². The summed E-state index contributed by atoms with van der Waals surface area (Å²) >= 11 is 12.1. The molecule has 1 saturated heterocycles. The maximum atomic E-state index is 12.2. The summed E-state index contributed by atoms with van der Waals surface area (Å²) < 4.78 is 30.9. The van der Waals surface area contributed by atoms with E-state index in [1.165, 1.54) is 14.2 Å². The number of ether oxygens (including phenoxy) is 3. The van der Waals surface area contributed by atoms with Crippen LogP contribution in [0.2, 0.25) is 10.0 Å². The quantitative estimate of drug-likeness (QED) is 0.0963. The van der Waals surface area contributed by atoms with Crippen LogP contribution in [0.3, 0.4) is 0 Å². The number of anilines is 1. The average Bonchev–Trinajstić information content (AvgIpc) is 3.94. The van der Waals surface area contributed by atoms with E-state index in [1.54, 1.807) is 49.0 Å². The molecule has 1 aliphatic heterocycles. The van der Waals surface area contributed by atoms with Gasteiger partial charge in [-0.15, -0.1) is 0 Å². The van der Waals surface area contributed by atoms with E-state index in [4.69, 9.17) is 42.4 Å². The second-order valence-corrected chi connectivity index (χ2v) is 16.7. The van der Waals surface area contributed by atoms with Crippen LogP contribution in [0.1, 0.15) is 43.0 Å². The molecule has 320 valence electrons. The molecule has 1 fully saturated rings. The van der Waals surface area contributed by atoms with Crippen molar-refractivity contribution in [3.05, 3.63) is 165 Å². The van der Waals surface area contributed by atoms with Crippen LogP contribution in [-0.4, -0.2) is 92.0 Å². The van der Waals surface area contributed by atoms with Crippen molar-refractivity contribution in [2.24, 2.45) is 0 Å². The van der Waals surface area contributed by atoms with Gasteiger partial charge in [-0.3, -0.25) is 4.21 Å². The molecule has 1 atom stereocenters. The molecule has 13 nitrogen and oxygen atoms in total. The predicted molar refractivity (Wildman–Crippen MR) is 244 cm³/mol. The highest BCUT2D eigenvalue weighted by atomic mass is 35.5. The molecule has 8 aromatic rings. The summed E-state index contributed by atoms with van der Waals surface area (Å²) in [7, 11) is 1.48. The van der Waals surface area contributed by atoms with E-state index >= 15 is 0 Å². The predicted octanol–water partition coefficient (Wildman–Crippen LogP) is 8.48. The van der Waals surface area contributed by atoms with E-state index in [0.717, 1.165) is 63.0 Å². The number of carbonyl (C=O) groups is 2. The van der Waals surface area contributed by atoms with Gasteiger partial charge in [0.15, 0.2) is 0 Å². The smallest absolute Gasteiger partial charge is 0.338 e. The summed E-state index contributed by atoms with van der Waals surface area (Å²) in [5, 5.41) is 3.41. The van der Waals surface area contributed by atoms with Gasteiger partial charge in [0.25, 0.3) is 0 Å². The highest BCUT2D eigenvalue weighted by Crippen LogP contribution is 2.27. The molecule has 1 unspecified atom stereocenters. The van der Waals surface area contributed by atoms with Crippen LogP contribution in [0.5, 0.6) is 0 Å². The molecule has 0 N–H and O–H groups in total. The third-order valence-corrected chi connectivity index (χ3v) is 11.7. The molecule has 1 aliphatic rings. The third-order valence-electron chi connectivity index (χ3n) is 10.5. The number of hydrogen-bond donors (Lipinski definition) is 0. The molecule has 0 saturated carbocycles. The molecule has 0 radical (unpaired) electrons. The zero-order chi connectivity index (χ0) is 44.0. The Bertz CT molecular complexity index is 3000. The zero-order valence-corrected chi connectivity index (χ0v) is 36.9. The van der Waals surface area contributed by atoms with Crippen LogP contribution in [0.4, 0.5) is 5.95 Å². The molecule has 0 aliphatic carbocycles. The number of methoxy groups -OCH3 is 2. The second kappa shape index (κ2) is 19.3. The van der Waals surface area contributed by atoms with Crippen molar-refractivity contribution in [1.29, 1.82) is 0 Å². The van der Waals surface area contributed by atoms with Gasteiger partial charge >= 0.3 is 11.9 Å². The fourth-order valence-corrected chi connectivity index (χ4v) is 8.22. The number of halogens is 2. The minimum atomic E-state index is -1.25. The molecule has 4 aromatic carbocycles. The minimum Gasteiger partial charge on any atom is -0.465 e. The molecule has 9 rings (SSSR count). The fraction of sp³-hybridized carbons (Fsp3) is 0.191. The standard InChI is InChI=1S/C25H23ClN4O3.C22H18ClN3O3S/c1-32-24(31)21-16-20(26)4-3-18(21)14-17-2-5-22-19(15-17)7-9-30(22)23-6-8-27-25(28-23)29-10-12-33-13-11-29;1-29-21(27)18-13-17(23)5-4-15(18)11-14-3-6-19-16(12-14)8-10-26(19)20-7-9-24-22(25-20)30(2)28/h2-9,15-16H,10-14H2,1H3;3-10,12-13H,11H2,1-2H3. The van der Waals surface area contributed by atoms with Crippen molar-refractivity contribution in [1.82, 2.24) is 29.1 Å². The first-order valence-electron chi connectivity index (χ1n) is 19.8. The number of benzene rings is 4. The van der Waals surface area contributed by atoms with Gasteiger partial charge in [0.2, 0.25) is 11.1 Å². The zero-order valence-electron chi connectivity index (χ0n) is 34.5. The molecule has 16 heteroatoms. The number of carbonyl (C=O) groups excluding carboxylic acids is 2. The number of morpholine rings is 1. The topological polar surface area (TPSA) is 144 Å².